The van der Waals surface area contributed by atoms with Crippen molar-refractivity contribution in [3.63, 3.8) is 0 Å². The van der Waals surface area contributed by atoms with Crippen LogP contribution in [0.15, 0.2) is 49.9 Å². The van der Waals surface area contributed by atoms with E-state index in [0.29, 0.717) is 22.2 Å². The maximum atomic E-state index is 14.6. The number of likely N-dealkylation sites (tertiary alicyclic amines) is 1. The molecule has 154 valence electrons. The van der Waals surface area contributed by atoms with Gasteiger partial charge >= 0.3 is 0 Å². The molecule has 1 saturated heterocycles. The first-order valence-electron chi connectivity index (χ1n) is 9.43. The largest absolute Gasteiger partial charge is 0.466 e. The average molecular weight is 410 g/mol. The molecule has 0 aromatic carbocycles. The number of carbonyl (C=O) groups excluding carboxylic acids is 1. The van der Waals surface area contributed by atoms with Gasteiger partial charge in [0.1, 0.15) is 0 Å². The Morgan fingerprint density at radius 3 is 2.90 bits per heavy atom. The summed E-state index contributed by atoms with van der Waals surface area (Å²) in [5, 5.41) is 0.696. The van der Waals surface area contributed by atoms with Crippen molar-refractivity contribution >= 4 is 29.0 Å². The quantitative estimate of drug-likeness (QED) is 0.685. The van der Waals surface area contributed by atoms with Crippen molar-refractivity contribution in [2.75, 3.05) is 13.1 Å². The van der Waals surface area contributed by atoms with Crippen molar-refractivity contribution in [1.82, 2.24) is 19.9 Å². The first-order valence-corrected chi connectivity index (χ1v) is 9.43. The second-order valence-electron chi connectivity index (χ2n) is 7.02. The Hall–Kier alpha value is -3.55. The fourth-order valence-corrected chi connectivity index (χ4v) is 3.51. The summed E-state index contributed by atoms with van der Waals surface area (Å²) in [5.74, 6) is -3.38. The highest BCUT2D eigenvalue weighted by molar-refractivity contribution is 6.06. The van der Waals surface area contributed by atoms with Gasteiger partial charge in [0.05, 0.1) is 29.5 Å². The number of hydrogen-bond donors (Lipinski definition) is 1. The lowest BCUT2D eigenvalue weighted by molar-refractivity contribution is -0.131. The highest BCUT2D eigenvalue weighted by atomic mass is 19.3. The van der Waals surface area contributed by atoms with Crippen LogP contribution in [0.2, 0.25) is 0 Å². The standard InChI is InChI=1S/C22H20F2N4O2/c1-3-14-5-6-20(27-17(14)4-2)30-19-13-28(10-8-22(19,23)24)21(29)16-11-26-18-12-25-9-7-15(16)18/h3-7,9,11-12,19,26H,1-2,8,10,13H2. The van der Waals surface area contributed by atoms with Crippen LogP contribution in [-0.4, -0.2) is 50.9 Å². The number of amides is 1. The number of alkyl halides is 2. The maximum absolute atomic E-state index is 14.6. The highest BCUT2D eigenvalue weighted by Crippen LogP contribution is 2.33. The summed E-state index contributed by atoms with van der Waals surface area (Å²) >= 11 is 0. The summed E-state index contributed by atoms with van der Waals surface area (Å²) in [6.07, 6.45) is 5.86. The molecule has 1 aliphatic rings. The van der Waals surface area contributed by atoms with E-state index in [0.717, 1.165) is 5.56 Å². The van der Waals surface area contributed by atoms with Gasteiger partial charge in [-0.3, -0.25) is 9.78 Å². The number of hydrogen-bond acceptors (Lipinski definition) is 4. The Kier molecular flexibility index (Phi) is 5.07. The number of ether oxygens (including phenoxy) is 1. The predicted octanol–water partition coefficient (Wildman–Crippen LogP) is 4.17. The van der Waals surface area contributed by atoms with Gasteiger partial charge in [-0.25, -0.2) is 13.8 Å². The van der Waals surface area contributed by atoms with E-state index >= 15 is 0 Å². The first kappa shape index (κ1) is 19.8. The molecule has 30 heavy (non-hydrogen) atoms. The van der Waals surface area contributed by atoms with Gasteiger partial charge in [-0.2, -0.15) is 0 Å². The molecule has 1 amide bonds. The summed E-state index contributed by atoms with van der Waals surface area (Å²) < 4.78 is 34.7. The number of fused-ring (bicyclic) bond motifs is 1. The SMILES string of the molecule is C=Cc1ccc(OC2CN(C(=O)c3c[nH]c4cnccc34)CCC2(F)F)nc1C=C. The third kappa shape index (κ3) is 3.56. The van der Waals surface area contributed by atoms with Gasteiger partial charge in [0.25, 0.3) is 11.8 Å². The van der Waals surface area contributed by atoms with E-state index < -0.39 is 18.4 Å². The minimum atomic E-state index is -3.09. The van der Waals surface area contributed by atoms with E-state index in [1.807, 2.05) is 0 Å². The minimum absolute atomic E-state index is 0.0487. The van der Waals surface area contributed by atoms with Crippen molar-refractivity contribution in [2.24, 2.45) is 0 Å². The predicted molar refractivity (Wildman–Crippen MR) is 110 cm³/mol. The van der Waals surface area contributed by atoms with E-state index in [2.05, 4.69) is 28.1 Å². The van der Waals surface area contributed by atoms with Gasteiger partial charge in [0, 0.05) is 36.8 Å². The fraction of sp³-hybridized carbons (Fsp3) is 0.227. The Morgan fingerprint density at radius 1 is 1.30 bits per heavy atom. The Bertz CT molecular complexity index is 1130. The highest BCUT2D eigenvalue weighted by Gasteiger charge is 2.47. The van der Waals surface area contributed by atoms with E-state index in [9.17, 15) is 13.6 Å². The first-order chi connectivity index (χ1) is 14.4. The Balaban J connectivity index is 1.57. The van der Waals surface area contributed by atoms with Crippen LogP contribution in [0.3, 0.4) is 0 Å². The molecule has 1 atom stereocenters. The summed E-state index contributed by atoms with van der Waals surface area (Å²) in [5.41, 5.74) is 2.33. The Morgan fingerprint density at radius 2 is 2.13 bits per heavy atom. The normalized spacial score (nSPS) is 18.2. The number of carbonyl (C=O) groups is 1. The number of pyridine rings is 2. The molecule has 0 saturated carbocycles. The van der Waals surface area contributed by atoms with Gasteiger partial charge in [0.15, 0.2) is 6.10 Å². The van der Waals surface area contributed by atoms with Crippen LogP contribution in [0.1, 0.15) is 28.0 Å². The summed E-state index contributed by atoms with van der Waals surface area (Å²) in [4.78, 5) is 25.6. The van der Waals surface area contributed by atoms with Crippen molar-refractivity contribution < 1.29 is 18.3 Å². The van der Waals surface area contributed by atoms with E-state index in [4.69, 9.17) is 4.74 Å². The number of nitrogens with one attached hydrogen (secondary N) is 1. The molecule has 4 heterocycles. The topological polar surface area (TPSA) is 71.1 Å². The lowest BCUT2D eigenvalue weighted by Crippen LogP contribution is -2.55. The van der Waals surface area contributed by atoms with Crippen LogP contribution >= 0.6 is 0 Å². The van der Waals surface area contributed by atoms with E-state index in [1.165, 1.54) is 17.0 Å². The molecule has 1 N–H and O–H groups in total. The van der Waals surface area contributed by atoms with Crippen LogP contribution < -0.4 is 4.74 Å². The van der Waals surface area contributed by atoms with Gasteiger partial charge in [-0.05, 0) is 23.8 Å². The average Bonchev–Trinajstić information content (AvgIpc) is 3.18. The maximum Gasteiger partial charge on any atom is 0.287 e. The molecule has 0 spiro atoms. The molecule has 3 aromatic heterocycles. The smallest absolute Gasteiger partial charge is 0.287 e. The van der Waals surface area contributed by atoms with Crippen LogP contribution in [0.4, 0.5) is 8.78 Å². The number of aromatic nitrogens is 3. The molecule has 4 rings (SSSR count). The molecule has 8 heteroatoms. The summed E-state index contributed by atoms with van der Waals surface area (Å²) in [6.45, 7) is 7.04. The van der Waals surface area contributed by atoms with Crippen LogP contribution in [0, 0.1) is 0 Å². The molecular weight excluding hydrogens is 390 g/mol. The molecule has 0 radical (unpaired) electrons. The van der Waals surface area contributed by atoms with Gasteiger partial charge in [-0.15, -0.1) is 0 Å². The zero-order valence-electron chi connectivity index (χ0n) is 16.1. The zero-order valence-corrected chi connectivity index (χ0v) is 16.1. The molecule has 0 aliphatic carbocycles. The Labute approximate surface area is 171 Å². The number of aromatic amines is 1. The third-order valence-corrected chi connectivity index (χ3v) is 5.18. The van der Waals surface area contributed by atoms with Gasteiger partial charge in [-0.1, -0.05) is 19.2 Å². The van der Waals surface area contributed by atoms with Crippen molar-refractivity contribution in [3.8, 4) is 5.88 Å². The van der Waals surface area contributed by atoms with Crippen LogP contribution in [0.25, 0.3) is 23.1 Å². The number of halogens is 2. The second kappa shape index (κ2) is 7.70. The molecule has 1 fully saturated rings. The number of nitrogens with zero attached hydrogens (tertiary/aromatic N) is 3. The third-order valence-electron chi connectivity index (χ3n) is 5.18. The second-order valence-corrected chi connectivity index (χ2v) is 7.02. The fourth-order valence-electron chi connectivity index (χ4n) is 3.51. The van der Waals surface area contributed by atoms with Gasteiger partial charge < -0.3 is 14.6 Å². The molecule has 6 nitrogen and oxygen atoms in total. The van der Waals surface area contributed by atoms with Crippen molar-refractivity contribution in [2.45, 2.75) is 18.4 Å². The number of H-pyrrole nitrogens is 1. The molecule has 1 aliphatic heterocycles. The van der Waals surface area contributed by atoms with Gasteiger partial charge in [0.2, 0.25) is 5.88 Å². The molecule has 0 bridgehead atoms. The van der Waals surface area contributed by atoms with E-state index in [1.54, 1.807) is 36.8 Å². The van der Waals surface area contributed by atoms with Crippen LogP contribution in [-0.2, 0) is 0 Å². The zero-order chi connectivity index (χ0) is 21.3. The van der Waals surface area contributed by atoms with Crippen molar-refractivity contribution in [1.29, 1.82) is 0 Å². The molecule has 1 unspecified atom stereocenters. The van der Waals surface area contributed by atoms with Crippen LogP contribution in [0.5, 0.6) is 5.88 Å². The summed E-state index contributed by atoms with van der Waals surface area (Å²) in [7, 11) is 0. The monoisotopic (exact) mass is 410 g/mol. The van der Waals surface area contributed by atoms with E-state index in [-0.39, 0.29) is 24.9 Å². The van der Waals surface area contributed by atoms with Crippen molar-refractivity contribution in [3.05, 3.63) is 66.8 Å². The minimum Gasteiger partial charge on any atom is -0.466 e. The molecule has 3 aromatic rings. The lowest BCUT2D eigenvalue weighted by atomic mass is 10.0. The number of piperidine rings is 1. The summed E-state index contributed by atoms with van der Waals surface area (Å²) in [6, 6.07) is 4.90. The lowest BCUT2D eigenvalue weighted by Gasteiger charge is -2.37. The number of rotatable bonds is 5. The molecular formula is C22H20F2N4O2.